The van der Waals surface area contributed by atoms with Crippen LogP contribution >= 0.6 is 11.3 Å². The number of thiazole rings is 1. The molecule has 2 rings (SSSR count). The zero-order valence-corrected chi connectivity index (χ0v) is 10.9. The molecule has 1 heterocycles. The number of benzene rings is 1. The Bertz CT molecular complexity index is 482. The van der Waals surface area contributed by atoms with Gasteiger partial charge in [0.15, 0.2) is 0 Å². The first-order valence-corrected chi connectivity index (χ1v) is 6.35. The third-order valence-electron chi connectivity index (χ3n) is 2.48. The molecule has 90 valence electrons. The molecule has 2 aromatic rings. The van der Waals surface area contributed by atoms with Crippen LogP contribution in [0.2, 0.25) is 0 Å². The van der Waals surface area contributed by atoms with Gasteiger partial charge in [-0.15, -0.1) is 11.3 Å². The quantitative estimate of drug-likeness (QED) is 0.883. The van der Waals surface area contributed by atoms with E-state index in [2.05, 4.69) is 16.4 Å². The van der Waals surface area contributed by atoms with Gasteiger partial charge in [0.25, 0.3) is 0 Å². The Balaban J connectivity index is 1.89. The molecule has 0 radical (unpaired) electrons. The number of para-hydroxylation sites is 1. The highest BCUT2D eigenvalue weighted by Gasteiger charge is 2.02. The smallest absolute Gasteiger partial charge is 0.123 e. The first-order valence-electron chi connectivity index (χ1n) is 5.53. The van der Waals surface area contributed by atoms with E-state index in [0.717, 1.165) is 23.8 Å². The van der Waals surface area contributed by atoms with Crippen LogP contribution in [0.1, 0.15) is 15.4 Å². The molecule has 0 saturated heterocycles. The summed E-state index contributed by atoms with van der Waals surface area (Å²) in [5.41, 5.74) is 1.18. The third kappa shape index (κ3) is 3.28. The molecule has 0 fully saturated rings. The summed E-state index contributed by atoms with van der Waals surface area (Å²) in [5, 5.41) is 4.51. The van der Waals surface area contributed by atoms with Gasteiger partial charge in [-0.1, -0.05) is 18.2 Å². The van der Waals surface area contributed by atoms with Crippen molar-refractivity contribution in [2.45, 2.75) is 20.0 Å². The molecule has 4 heteroatoms. The number of hydrogen-bond acceptors (Lipinski definition) is 4. The van der Waals surface area contributed by atoms with E-state index in [1.54, 1.807) is 18.4 Å². The molecule has 0 aliphatic heterocycles. The van der Waals surface area contributed by atoms with E-state index >= 15 is 0 Å². The topological polar surface area (TPSA) is 34.1 Å². The Morgan fingerprint density at radius 2 is 2.12 bits per heavy atom. The molecular weight excluding hydrogens is 232 g/mol. The van der Waals surface area contributed by atoms with Gasteiger partial charge in [-0.05, 0) is 13.0 Å². The Kier molecular flexibility index (Phi) is 4.12. The maximum Gasteiger partial charge on any atom is 0.123 e. The molecule has 0 amide bonds. The lowest BCUT2D eigenvalue weighted by Crippen LogP contribution is -2.12. The van der Waals surface area contributed by atoms with Gasteiger partial charge in [0.05, 0.1) is 12.1 Å². The second-order valence-corrected chi connectivity index (χ2v) is 5.08. The van der Waals surface area contributed by atoms with E-state index in [1.807, 2.05) is 31.3 Å². The number of nitrogens with zero attached hydrogens (tertiary/aromatic N) is 1. The molecule has 1 N–H and O–H groups in total. The summed E-state index contributed by atoms with van der Waals surface area (Å²) in [7, 11) is 1.70. The summed E-state index contributed by atoms with van der Waals surface area (Å²) in [6.07, 6.45) is 1.93. The average molecular weight is 248 g/mol. The summed E-state index contributed by atoms with van der Waals surface area (Å²) in [6.45, 7) is 3.68. The lowest BCUT2D eigenvalue weighted by Gasteiger charge is -2.08. The monoisotopic (exact) mass is 248 g/mol. The van der Waals surface area contributed by atoms with E-state index in [1.165, 1.54) is 10.4 Å². The van der Waals surface area contributed by atoms with Crippen LogP contribution in [0.15, 0.2) is 30.5 Å². The predicted molar refractivity (Wildman–Crippen MR) is 70.4 cm³/mol. The standard InChI is InChI=1S/C13H16N2OS/c1-10-15-9-12(17-10)8-14-7-11-5-3-4-6-13(11)16-2/h3-6,9,14H,7-8H2,1-2H3. The maximum absolute atomic E-state index is 5.30. The maximum atomic E-state index is 5.30. The van der Waals surface area contributed by atoms with Crippen molar-refractivity contribution < 1.29 is 4.74 Å². The number of methoxy groups -OCH3 is 1. The molecule has 0 aliphatic carbocycles. The van der Waals surface area contributed by atoms with Crippen molar-refractivity contribution in [3.05, 3.63) is 45.9 Å². The molecule has 1 aromatic heterocycles. The van der Waals surface area contributed by atoms with Gasteiger partial charge in [0.1, 0.15) is 5.75 Å². The highest BCUT2D eigenvalue weighted by Crippen LogP contribution is 2.17. The van der Waals surface area contributed by atoms with Crippen molar-refractivity contribution in [1.82, 2.24) is 10.3 Å². The van der Waals surface area contributed by atoms with Gasteiger partial charge in [0.2, 0.25) is 0 Å². The van der Waals surface area contributed by atoms with Gasteiger partial charge in [-0.25, -0.2) is 4.98 Å². The molecule has 0 saturated carbocycles. The number of ether oxygens (including phenoxy) is 1. The van der Waals surface area contributed by atoms with Gasteiger partial charge < -0.3 is 10.1 Å². The highest BCUT2D eigenvalue weighted by molar-refractivity contribution is 7.11. The van der Waals surface area contributed by atoms with Crippen molar-refractivity contribution in [2.24, 2.45) is 0 Å². The number of aryl methyl sites for hydroxylation is 1. The number of nitrogens with one attached hydrogen (secondary N) is 1. The SMILES string of the molecule is COc1ccccc1CNCc1cnc(C)s1. The summed E-state index contributed by atoms with van der Waals surface area (Å²) in [5.74, 6) is 0.931. The Labute approximate surface area is 105 Å². The van der Waals surface area contributed by atoms with E-state index in [-0.39, 0.29) is 0 Å². The van der Waals surface area contributed by atoms with E-state index in [0.29, 0.717) is 0 Å². The van der Waals surface area contributed by atoms with Crippen LogP contribution in [0.3, 0.4) is 0 Å². The zero-order chi connectivity index (χ0) is 12.1. The molecule has 0 aliphatic rings. The fraction of sp³-hybridized carbons (Fsp3) is 0.308. The van der Waals surface area contributed by atoms with E-state index in [4.69, 9.17) is 4.74 Å². The van der Waals surface area contributed by atoms with Crippen molar-refractivity contribution in [3.8, 4) is 5.75 Å². The first kappa shape index (κ1) is 12.1. The molecule has 0 spiro atoms. The van der Waals surface area contributed by atoms with Crippen LogP contribution in [-0.2, 0) is 13.1 Å². The molecular formula is C13H16N2OS. The van der Waals surface area contributed by atoms with Gasteiger partial charge in [-0.2, -0.15) is 0 Å². The Morgan fingerprint density at radius 1 is 1.29 bits per heavy atom. The number of hydrogen-bond donors (Lipinski definition) is 1. The summed E-state index contributed by atoms with van der Waals surface area (Å²) in [4.78, 5) is 5.49. The highest BCUT2D eigenvalue weighted by atomic mass is 32.1. The minimum Gasteiger partial charge on any atom is -0.496 e. The Hall–Kier alpha value is -1.39. The molecule has 0 unspecified atom stereocenters. The van der Waals surface area contributed by atoms with Crippen LogP contribution in [0, 0.1) is 6.92 Å². The second-order valence-electron chi connectivity index (χ2n) is 3.76. The molecule has 1 aromatic carbocycles. The van der Waals surface area contributed by atoms with Gasteiger partial charge in [-0.3, -0.25) is 0 Å². The van der Waals surface area contributed by atoms with Crippen molar-refractivity contribution >= 4 is 11.3 Å². The van der Waals surface area contributed by atoms with Crippen LogP contribution in [-0.4, -0.2) is 12.1 Å². The van der Waals surface area contributed by atoms with E-state index < -0.39 is 0 Å². The summed E-state index contributed by atoms with van der Waals surface area (Å²) < 4.78 is 5.30. The van der Waals surface area contributed by atoms with Crippen LogP contribution < -0.4 is 10.1 Å². The zero-order valence-electron chi connectivity index (χ0n) is 10.1. The first-order chi connectivity index (χ1) is 8.29. The minimum atomic E-state index is 0.807. The third-order valence-corrected chi connectivity index (χ3v) is 3.39. The molecule has 0 bridgehead atoms. The summed E-state index contributed by atoms with van der Waals surface area (Å²) >= 11 is 1.73. The molecule has 0 atom stereocenters. The largest absolute Gasteiger partial charge is 0.496 e. The normalized spacial score (nSPS) is 10.5. The fourth-order valence-electron chi connectivity index (χ4n) is 1.66. The van der Waals surface area contributed by atoms with Crippen molar-refractivity contribution in [1.29, 1.82) is 0 Å². The lowest BCUT2D eigenvalue weighted by atomic mass is 10.2. The average Bonchev–Trinajstić information content (AvgIpc) is 2.76. The van der Waals surface area contributed by atoms with Crippen molar-refractivity contribution in [2.75, 3.05) is 7.11 Å². The Morgan fingerprint density at radius 3 is 2.82 bits per heavy atom. The number of aromatic nitrogens is 1. The molecule has 3 nitrogen and oxygen atoms in total. The van der Waals surface area contributed by atoms with Gasteiger partial charge >= 0.3 is 0 Å². The lowest BCUT2D eigenvalue weighted by molar-refractivity contribution is 0.407. The van der Waals surface area contributed by atoms with Crippen LogP contribution in [0.5, 0.6) is 5.75 Å². The predicted octanol–water partition coefficient (Wildman–Crippen LogP) is 2.75. The van der Waals surface area contributed by atoms with Crippen LogP contribution in [0.4, 0.5) is 0 Å². The van der Waals surface area contributed by atoms with Gasteiger partial charge in [0, 0.05) is 29.7 Å². The number of rotatable bonds is 5. The van der Waals surface area contributed by atoms with E-state index in [9.17, 15) is 0 Å². The molecule has 17 heavy (non-hydrogen) atoms. The second kappa shape index (κ2) is 5.80. The minimum absolute atomic E-state index is 0.807. The van der Waals surface area contributed by atoms with Crippen molar-refractivity contribution in [3.63, 3.8) is 0 Å². The van der Waals surface area contributed by atoms with Crippen LogP contribution in [0.25, 0.3) is 0 Å². The fourth-order valence-corrected chi connectivity index (χ4v) is 2.42. The summed E-state index contributed by atoms with van der Waals surface area (Å²) in [6, 6.07) is 8.06.